The third-order valence-electron chi connectivity index (χ3n) is 2.91. The van der Waals surface area contributed by atoms with Crippen molar-refractivity contribution in [3.63, 3.8) is 0 Å². The zero-order chi connectivity index (χ0) is 14.9. The number of nitrogens with two attached hydrogens (primary N) is 1. The zero-order valence-electron chi connectivity index (χ0n) is 11.1. The fourth-order valence-corrected chi connectivity index (χ4v) is 3.57. The van der Waals surface area contributed by atoms with Crippen LogP contribution in [-0.4, -0.2) is 9.78 Å². The summed E-state index contributed by atoms with van der Waals surface area (Å²) < 4.78 is 9.28. The van der Waals surface area contributed by atoms with Gasteiger partial charge in [0.25, 0.3) is 0 Å². The van der Waals surface area contributed by atoms with E-state index in [2.05, 4.69) is 37.0 Å². The molecule has 4 nitrogen and oxygen atoms in total. The van der Waals surface area contributed by atoms with E-state index in [-0.39, 0.29) is 0 Å². The topological polar surface area (TPSA) is 53.1 Å². The van der Waals surface area contributed by atoms with Gasteiger partial charge in [0.1, 0.15) is 12.4 Å². The molecule has 0 unspecified atom stereocenters. The van der Waals surface area contributed by atoms with Crippen LogP contribution in [0.2, 0.25) is 5.02 Å². The number of hydrogen-bond donors (Lipinski definition) is 1. The van der Waals surface area contributed by atoms with Gasteiger partial charge in [-0.3, -0.25) is 4.68 Å². The van der Waals surface area contributed by atoms with Crippen molar-refractivity contribution in [3.05, 3.63) is 43.1 Å². The first kappa shape index (κ1) is 15.8. The van der Waals surface area contributed by atoms with Gasteiger partial charge < -0.3 is 10.5 Å². The highest BCUT2D eigenvalue weighted by molar-refractivity contribution is 9.11. The Kier molecular flexibility index (Phi) is 5.12. The van der Waals surface area contributed by atoms with E-state index in [1.54, 1.807) is 4.68 Å². The molecule has 20 heavy (non-hydrogen) atoms. The molecule has 7 heteroatoms. The van der Waals surface area contributed by atoms with Crippen molar-refractivity contribution in [2.24, 2.45) is 12.8 Å². The average molecular weight is 424 g/mol. The largest absolute Gasteiger partial charge is 0.485 e. The molecule has 0 bridgehead atoms. The highest BCUT2D eigenvalue weighted by Crippen LogP contribution is 2.35. The second kappa shape index (κ2) is 6.47. The number of nitrogens with zero attached hydrogens (tertiary/aromatic N) is 2. The Balaban J connectivity index is 2.23. The van der Waals surface area contributed by atoms with Crippen molar-refractivity contribution in [1.29, 1.82) is 0 Å². The van der Waals surface area contributed by atoms with Crippen LogP contribution < -0.4 is 10.5 Å². The van der Waals surface area contributed by atoms with E-state index in [1.165, 1.54) is 0 Å². The molecule has 0 atom stereocenters. The third-order valence-corrected chi connectivity index (χ3v) is 4.58. The Bertz CT molecular complexity index is 620. The maximum atomic E-state index is 6.20. The summed E-state index contributed by atoms with van der Waals surface area (Å²) in [5, 5.41) is 4.90. The molecule has 0 fully saturated rings. The normalized spacial score (nSPS) is 10.9. The second-order valence-electron chi connectivity index (χ2n) is 4.35. The second-order valence-corrected chi connectivity index (χ2v) is 6.44. The molecule has 2 rings (SSSR count). The lowest BCUT2D eigenvalue weighted by molar-refractivity contribution is 0.291. The first-order valence-electron chi connectivity index (χ1n) is 5.92. The van der Waals surface area contributed by atoms with Gasteiger partial charge in [-0.25, -0.2) is 0 Å². The number of benzene rings is 1. The van der Waals surface area contributed by atoms with Crippen LogP contribution in [0, 0.1) is 6.92 Å². The average Bonchev–Trinajstić information content (AvgIpc) is 2.63. The molecule has 0 aliphatic heterocycles. The molecule has 1 aromatic carbocycles. The number of ether oxygens (including phenoxy) is 1. The SMILES string of the molecule is Cc1nn(C)c(COc2c(Br)cc(CN)cc2Br)c1Cl. The zero-order valence-corrected chi connectivity index (χ0v) is 15.0. The Labute approximate surface area is 139 Å². The van der Waals surface area contributed by atoms with E-state index in [1.807, 2.05) is 26.1 Å². The van der Waals surface area contributed by atoms with Gasteiger partial charge in [-0.05, 0) is 56.5 Å². The minimum atomic E-state index is 0.343. The first-order valence-corrected chi connectivity index (χ1v) is 7.89. The third kappa shape index (κ3) is 3.19. The number of aryl methyl sites for hydroxylation is 2. The van der Waals surface area contributed by atoms with Gasteiger partial charge in [0.05, 0.1) is 25.4 Å². The molecule has 0 amide bonds. The fraction of sp³-hybridized carbons (Fsp3) is 0.308. The Morgan fingerprint density at radius 3 is 2.40 bits per heavy atom. The van der Waals surface area contributed by atoms with E-state index in [4.69, 9.17) is 22.1 Å². The molecule has 0 saturated heterocycles. The van der Waals surface area contributed by atoms with Crippen molar-refractivity contribution in [2.75, 3.05) is 0 Å². The van der Waals surface area contributed by atoms with Crippen molar-refractivity contribution in [3.8, 4) is 5.75 Å². The molecule has 0 spiro atoms. The number of aromatic nitrogens is 2. The van der Waals surface area contributed by atoms with Gasteiger partial charge in [0.15, 0.2) is 0 Å². The van der Waals surface area contributed by atoms with Gasteiger partial charge in [-0.1, -0.05) is 11.6 Å². The van der Waals surface area contributed by atoms with E-state index in [9.17, 15) is 0 Å². The predicted molar refractivity (Wildman–Crippen MR) is 87.0 cm³/mol. The van der Waals surface area contributed by atoms with Crippen LogP contribution >= 0.6 is 43.5 Å². The molecular formula is C13H14Br2ClN3O. The summed E-state index contributed by atoms with van der Waals surface area (Å²) in [4.78, 5) is 0. The Morgan fingerprint density at radius 2 is 1.95 bits per heavy atom. The molecule has 1 heterocycles. The summed E-state index contributed by atoms with van der Waals surface area (Å²) >= 11 is 13.2. The van der Waals surface area contributed by atoms with E-state index < -0.39 is 0 Å². The Morgan fingerprint density at radius 1 is 1.35 bits per heavy atom. The van der Waals surface area contributed by atoms with Crippen LogP contribution in [0.4, 0.5) is 0 Å². The van der Waals surface area contributed by atoms with Crippen molar-refractivity contribution in [1.82, 2.24) is 9.78 Å². The summed E-state index contributed by atoms with van der Waals surface area (Å²) in [5.41, 5.74) is 8.29. The lowest BCUT2D eigenvalue weighted by Gasteiger charge is -2.12. The van der Waals surface area contributed by atoms with Crippen LogP contribution in [0.1, 0.15) is 17.0 Å². The smallest absolute Gasteiger partial charge is 0.148 e. The molecule has 0 aliphatic rings. The van der Waals surface area contributed by atoms with Gasteiger partial charge in [0, 0.05) is 13.6 Å². The minimum Gasteiger partial charge on any atom is -0.485 e. The molecule has 0 saturated carbocycles. The maximum Gasteiger partial charge on any atom is 0.148 e. The highest BCUT2D eigenvalue weighted by atomic mass is 79.9. The summed E-state index contributed by atoms with van der Waals surface area (Å²) in [6.07, 6.45) is 0. The van der Waals surface area contributed by atoms with E-state index in [0.29, 0.717) is 18.2 Å². The minimum absolute atomic E-state index is 0.343. The summed E-state index contributed by atoms with van der Waals surface area (Å²) in [7, 11) is 1.85. The number of halogens is 3. The molecule has 0 radical (unpaired) electrons. The van der Waals surface area contributed by atoms with E-state index in [0.717, 1.165) is 31.6 Å². The number of hydrogen-bond acceptors (Lipinski definition) is 3. The standard InChI is InChI=1S/C13H14Br2ClN3O/c1-7-12(16)11(19(2)18-7)6-20-13-9(14)3-8(5-17)4-10(13)15/h3-4H,5-6,17H2,1-2H3. The monoisotopic (exact) mass is 421 g/mol. The van der Waals surface area contributed by atoms with Gasteiger partial charge in [0.2, 0.25) is 0 Å². The van der Waals surface area contributed by atoms with Crippen LogP contribution in [0.25, 0.3) is 0 Å². The molecule has 108 valence electrons. The van der Waals surface area contributed by atoms with Gasteiger partial charge >= 0.3 is 0 Å². The summed E-state index contributed by atoms with van der Waals surface area (Å²) in [5.74, 6) is 0.720. The fourth-order valence-electron chi connectivity index (χ4n) is 1.85. The first-order chi connectivity index (χ1) is 9.43. The molecule has 2 aromatic rings. The van der Waals surface area contributed by atoms with Crippen molar-refractivity contribution < 1.29 is 4.74 Å². The highest BCUT2D eigenvalue weighted by Gasteiger charge is 2.14. The summed E-state index contributed by atoms with van der Waals surface area (Å²) in [6, 6.07) is 3.88. The van der Waals surface area contributed by atoms with E-state index >= 15 is 0 Å². The molecule has 1 aromatic heterocycles. The lowest BCUT2D eigenvalue weighted by Crippen LogP contribution is -2.05. The lowest BCUT2D eigenvalue weighted by atomic mass is 10.2. The van der Waals surface area contributed by atoms with Crippen LogP contribution in [0.15, 0.2) is 21.1 Å². The molecule has 0 aliphatic carbocycles. The van der Waals surface area contributed by atoms with Crippen LogP contribution in [-0.2, 0) is 20.2 Å². The number of rotatable bonds is 4. The maximum absolute atomic E-state index is 6.20. The van der Waals surface area contributed by atoms with Crippen molar-refractivity contribution >= 4 is 43.5 Å². The van der Waals surface area contributed by atoms with Gasteiger partial charge in [-0.15, -0.1) is 0 Å². The summed E-state index contributed by atoms with van der Waals surface area (Å²) in [6.45, 7) is 2.69. The quantitative estimate of drug-likeness (QED) is 0.810. The molecular weight excluding hydrogens is 409 g/mol. The van der Waals surface area contributed by atoms with Crippen molar-refractivity contribution in [2.45, 2.75) is 20.1 Å². The molecule has 2 N–H and O–H groups in total. The van der Waals surface area contributed by atoms with Crippen LogP contribution in [0.3, 0.4) is 0 Å². The van der Waals surface area contributed by atoms with Gasteiger partial charge in [-0.2, -0.15) is 5.10 Å². The predicted octanol–water partition coefficient (Wildman–Crippen LogP) is 3.94. The Hall–Kier alpha value is -0.560. The van der Waals surface area contributed by atoms with Crippen LogP contribution in [0.5, 0.6) is 5.75 Å².